The summed E-state index contributed by atoms with van der Waals surface area (Å²) in [5, 5.41) is 22.5. The molecule has 9 nitrogen and oxygen atoms in total. The number of aromatic amines is 1. The van der Waals surface area contributed by atoms with E-state index < -0.39 is 15.8 Å². The van der Waals surface area contributed by atoms with Crippen LogP contribution in [-0.2, 0) is 4.74 Å². The summed E-state index contributed by atoms with van der Waals surface area (Å²) in [5.41, 5.74) is 0.504. The number of carbonyl (C=O) groups is 1. The molecule has 3 rings (SSSR count). The van der Waals surface area contributed by atoms with Crippen LogP contribution in [0.2, 0.25) is 5.02 Å². The molecule has 0 aliphatic heterocycles. The third kappa shape index (κ3) is 2.84. The van der Waals surface area contributed by atoms with E-state index in [9.17, 15) is 25.0 Å². The Hall–Kier alpha value is -3.46. The largest absolute Gasteiger partial charge is 0.464 e. The van der Waals surface area contributed by atoms with Crippen molar-refractivity contribution in [3.8, 4) is 11.1 Å². The quantitative estimate of drug-likeness (QED) is 0.415. The van der Waals surface area contributed by atoms with Crippen molar-refractivity contribution in [2.75, 3.05) is 7.11 Å². The minimum absolute atomic E-state index is 0.0274. The zero-order valence-electron chi connectivity index (χ0n) is 13.2. The Labute approximate surface area is 150 Å². The molecule has 0 saturated heterocycles. The van der Waals surface area contributed by atoms with Gasteiger partial charge in [-0.2, -0.15) is 0 Å². The molecule has 1 heterocycles. The maximum atomic E-state index is 12.1. The van der Waals surface area contributed by atoms with Crippen molar-refractivity contribution >= 4 is 39.8 Å². The van der Waals surface area contributed by atoms with Crippen LogP contribution in [0.4, 0.5) is 11.4 Å². The molecule has 132 valence electrons. The van der Waals surface area contributed by atoms with Crippen LogP contribution in [0.3, 0.4) is 0 Å². The topological polar surface area (TPSA) is 128 Å². The van der Waals surface area contributed by atoms with E-state index in [0.29, 0.717) is 16.5 Å². The van der Waals surface area contributed by atoms with Crippen LogP contribution in [0.1, 0.15) is 10.5 Å². The van der Waals surface area contributed by atoms with E-state index in [1.54, 1.807) is 0 Å². The smallest absolute Gasteiger partial charge is 0.355 e. The first kappa shape index (κ1) is 17.4. The van der Waals surface area contributed by atoms with Gasteiger partial charge in [0.2, 0.25) is 0 Å². The molecule has 0 amide bonds. The molecule has 0 spiro atoms. The van der Waals surface area contributed by atoms with Gasteiger partial charge >= 0.3 is 5.97 Å². The van der Waals surface area contributed by atoms with Crippen molar-refractivity contribution in [3.05, 3.63) is 67.3 Å². The van der Waals surface area contributed by atoms with Crippen molar-refractivity contribution in [2.45, 2.75) is 0 Å². The number of fused-ring (bicyclic) bond motifs is 1. The second-order valence-electron chi connectivity index (χ2n) is 5.28. The summed E-state index contributed by atoms with van der Waals surface area (Å²) >= 11 is 5.84. The van der Waals surface area contributed by atoms with Crippen LogP contribution >= 0.6 is 11.6 Å². The summed E-state index contributed by atoms with van der Waals surface area (Å²) in [6.07, 6.45) is 0. The molecule has 1 N–H and O–H groups in total. The molecule has 2 aromatic carbocycles. The number of halogens is 1. The second kappa shape index (κ2) is 6.45. The summed E-state index contributed by atoms with van der Waals surface area (Å²) in [7, 11) is 1.18. The molecule has 1 aromatic heterocycles. The standard InChI is InChI=1S/C16H10ClN3O6/c1-26-16(21)15-14(8-2-4-11(17)13(6-8)20(24)25)10-7-9(19(22)23)3-5-12(10)18-15/h2-7,18H,1H3. The normalized spacial score (nSPS) is 10.7. The monoisotopic (exact) mass is 375 g/mol. The van der Waals surface area contributed by atoms with E-state index in [0.717, 1.165) is 0 Å². The lowest BCUT2D eigenvalue weighted by Gasteiger charge is -2.05. The highest BCUT2D eigenvalue weighted by Gasteiger charge is 2.24. The number of rotatable bonds is 4. The first-order valence-corrected chi connectivity index (χ1v) is 7.54. The van der Waals surface area contributed by atoms with Gasteiger partial charge < -0.3 is 9.72 Å². The number of nitro groups is 2. The Kier molecular flexibility index (Phi) is 4.31. The van der Waals surface area contributed by atoms with E-state index in [1.165, 1.54) is 43.5 Å². The van der Waals surface area contributed by atoms with Crippen LogP contribution in [0.25, 0.3) is 22.0 Å². The molecule has 3 aromatic rings. The number of benzene rings is 2. The molecule has 0 fully saturated rings. The number of nitro benzene ring substituents is 2. The lowest BCUT2D eigenvalue weighted by atomic mass is 10.0. The van der Waals surface area contributed by atoms with Crippen LogP contribution in [-0.4, -0.2) is 27.9 Å². The Morgan fingerprint density at radius 1 is 1.12 bits per heavy atom. The van der Waals surface area contributed by atoms with Crippen LogP contribution in [0, 0.1) is 20.2 Å². The Bertz CT molecular complexity index is 1080. The van der Waals surface area contributed by atoms with Crippen molar-refractivity contribution in [3.63, 3.8) is 0 Å². The van der Waals surface area contributed by atoms with Crippen LogP contribution in [0.15, 0.2) is 36.4 Å². The SMILES string of the molecule is COC(=O)c1[nH]c2ccc([N+](=O)[O-])cc2c1-c1ccc(Cl)c([N+](=O)[O-])c1. The van der Waals surface area contributed by atoms with Gasteiger partial charge in [0.25, 0.3) is 11.4 Å². The zero-order chi connectivity index (χ0) is 19.0. The van der Waals surface area contributed by atoms with Crippen molar-refractivity contribution < 1.29 is 19.4 Å². The minimum atomic E-state index is -0.712. The number of nitrogens with zero attached hydrogens (tertiary/aromatic N) is 2. The number of H-pyrrole nitrogens is 1. The highest BCUT2D eigenvalue weighted by atomic mass is 35.5. The third-order valence-electron chi connectivity index (χ3n) is 3.81. The van der Waals surface area contributed by atoms with E-state index >= 15 is 0 Å². The van der Waals surface area contributed by atoms with Crippen molar-refractivity contribution in [1.82, 2.24) is 4.98 Å². The van der Waals surface area contributed by atoms with Gasteiger partial charge in [-0.1, -0.05) is 17.7 Å². The molecule has 0 unspecified atom stereocenters. The predicted molar refractivity (Wildman–Crippen MR) is 93.4 cm³/mol. The fourth-order valence-electron chi connectivity index (χ4n) is 2.66. The molecule has 0 aliphatic rings. The van der Waals surface area contributed by atoms with Gasteiger partial charge in [-0.25, -0.2) is 4.79 Å². The molecule has 0 saturated carbocycles. The number of methoxy groups -OCH3 is 1. The van der Waals surface area contributed by atoms with Gasteiger partial charge in [-0.05, 0) is 17.7 Å². The first-order valence-electron chi connectivity index (χ1n) is 7.16. The fraction of sp³-hybridized carbons (Fsp3) is 0.0625. The number of hydrogen-bond donors (Lipinski definition) is 1. The molecule has 0 aliphatic carbocycles. The summed E-state index contributed by atoms with van der Waals surface area (Å²) in [5.74, 6) is -0.712. The number of nitrogens with one attached hydrogen (secondary N) is 1. The number of esters is 1. The highest BCUT2D eigenvalue weighted by Crippen LogP contribution is 2.38. The lowest BCUT2D eigenvalue weighted by molar-refractivity contribution is -0.384. The number of hydrogen-bond acceptors (Lipinski definition) is 6. The van der Waals surface area contributed by atoms with Gasteiger partial charge in [0.05, 0.1) is 17.0 Å². The number of aromatic nitrogens is 1. The molecular weight excluding hydrogens is 366 g/mol. The van der Waals surface area contributed by atoms with Gasteiger partial charge in [0.1, 0.15) is 10.7 Å². The average molecular weight is 376 g/mol. The highest BCUT2D eigenvalue weighted by molar-refractivity contribution is 6.32. The van der Waals surface area contributed by atoms with E-state index in [4.69, 9.17) is 16.3 Å². The summed E-state index contributed by atoms with van der Waals surface area (Å²) in [6.45, 7) is 0. The number of carbonyl (C=O) groups excluding carboxylic acids is 1. The number of non-ortho nitro benzene ring substituents is 1. The van der Waals surface area contributed by atoms with Crippen molar-refractivity contribution in [1.29, 1.82) is 0 Å². The molecular formula is C16H10ClN3O6. The molecule has 10 heteroatoms. The third-order valence-corrected chi connectivity index (χ3v) is 4.13. The first-order chi connectivity index (χ1) is 12.3. The van der Waals surface area contributed by atoms with E-state index in [-0.39, 0.29) is 27.7 Å². The summed E-state index contributed by atoms with van der Waals surface area (Å²) in [4.78, 5) is 36.0. The molecule has 26 heavy (non-hydrogen) atoms. The van der Waals surface area contributed by atoms with E-state index in [2.05, 4.69) is 4.98 Å². The van der Waals surface area contributed by atoms with Gasteiger partial charge in [-0.15, -0.1) is 0 Å². The lowest BCUT2D eigenvalue weighted by Crippen LogP contribution is -2.03. The van der Waals surface area contributed by atoms with Crippen LogP contribution in [0.5, 0.6) is 0 Å². The summed E-state index contributed by atoms with van der Waals surface area (Å²) in [6, 6.07) is 8.04. The maximum absolute atomic E-state index is 12.1. The Balaban J connectivity index is 2.37. The van der Waals surface area contributed by atoms with Crippen molar-refractivity contribution in [2.24, 2.45) is 0 Å². The van der Waals surface area contributed by atoms with Crippen LogP contribution < -0.4 is 0 Å². The molecule has 0 radical (unpaired) electrons. The van der Waals surface area contributed by atoms with E-state index in [1.807, 2.05) is 0 Å². The van der Waals surface area contributed by atoms with Gasteiger partial charge in [-0.3, -0.25) is 20.2 Å². The Morgan fingerprint density at radius 2 is 1.85 bits per heavy atom. The van der Waals surface area contributed by atoms with Gasteiger partial charge in [0.15, 0.2) is 0 Å². The average Bonchev–Trinajstić information content (AvgIpc) is 2.99. The zero-order valence-corrected chi connectivity index (χ0v) is 13.9. The molecule has 0 atom stereocenters. The minimum Gasteiger partial charge on any atom is -0.464 e. The predicted octanol–water partition coefficient (Wildman–Crippen LogP) is 4.09. The fourth-order valence-corrected chi connectivity index (χ4v) is 2.84. The second-order valence-corrected chi connectivity index (χ2v) is 5.68. The summed E-state index contributed by atoms with van der Waals surface area (Å²) < 4.78 is 4.74. The van der Waals surface area contributed by atoms with Gasteiger partial charge in [0, 0.05) is 34.7 Å². The molecule has 0 bridgehead atoms. The number of ether oxygens (including phenoxy) is 1. The Morgan fingerprint density at radius 3 is 2.46 bits per heavy atom. The maximum Gasteiger partial charge on any atom is 0.355 e.